The number of hydrogen-bond donors (Lipinski definition) is 0. The largest absolute Gasteiger partial charge is 0.298 e. The van der Waals surface area contributed by atoms with Gasteiger partial charge in [0.2, 0.25) is 0 Å². The van der Waals surface area contributed by atoms with Crippen molar-refractivity contribution >= 4 is 29.6 Å². The van der Waals surface area contributed by atoms with Gasteiger partial charge in [-0.05, 0) is 30.3 Å². The number of carbonyl (C=O) groups excluding carboxylic acids is 1. The smallest absolute Gasteiger partial charge is 0.152 e. The monoisotopic (exact) mass is 284 g/mol. The van der Waals surface area contributed by atoms with Crippen LogP contribution in [-0.2, 0) is 0 Å². The Morgan fingerprint density at radius 2 is 1.89 bits per heavy atom. The van der Waals surface area contributed by atoms with Gasteiger partial charge in [0.25, 0.3) is 0 Å². The predicted molar refractivity (Wildman–Crippen MR) is 67.3 cm³/mol. The molecule has 0 amide bonds. The molecule has 0 aromatic heterocycles. The Kier molecular flexibility index (Phi) is 3.99. The molecule has 0 radical (unpaired) electrons. The van der Waals surface area contributed by atoms with E-state index in [9.17, 15) is 13.6 Å². The zero-order chi connectivity index (χ0) is 13.1. The minimum Gasteiger partial charge on any atom is -0.298 e. The van der Waals surface area contributed by atoms with Crippen LogP contribution in [0.5, 0.6) is 0 Å². The van der Waals surface area contributed by atoms with Gasteiger partial charge in [-0.1, -0.05) is 29.4 Å². The van der Waals surface area contributed by atoms with Gasteiger partial charge in [0.05, 0.1) is 9.92 Å². The standard InChI is InChI=1S/C13H7ClF2OS/c14-10-2-1-3-12(9(10)7-17)18-13-6-8(15)4-5-11(13)16/h1-7H. The summed E-state index contributed by atoms with van der Waals surface area (Å²) in [5, 5.41) is 0.284. The summed E-state index contributed by atoms with van der Waals surface area (Å²) in [7, 11) is 0. The first-order valence-electron chi connectivity index (χ1n) is 4.98. The van der Waals surface area contributed by atoms with Crippen LogP contribution >= 0.6 is 23.4 Å². The molecule has 0 N–H and O–H groups in total. The van der Waals surface area contributed by atoms with Crippen molar-refractivity contribution in [1.82, 2.24) is 0 Å². The maximum atomic E-state index is 13.5. The van der Waals surface area contributed by atoms with Crippen LogP contribution in [0.15, 0.2) is 46.2 Å². The van der Waals surface area contributed by atoms with Crippen molar-refractivity contribution in [3.8, 4) is 0 Å². The highest BCUT2D eigenvalue weighted by molar-refractivity contribution is 7.99. The van der Waals surface area contributed by atoms with Crippen LogP contribution in [-0.4, -0.2) is 6.29 Å². The first-order valence-corrected chi connectivity index (χ1v) is 6.18. The summed E-state index contributed by atoms with van der Waals surface area (Å²) in [4.78, 5) is 11.5. The summed E-state index contributed by atoms with van der Waals surface area (Å²) in [6.45, 7) is 0. The summed E-state index contributed by atoms with van der Waals surface area (Å²) < 4.78 is 26.5. The normalized spacial score (nSPS) is 10.4. The Bertz CT molecular complexity index is 602. The molecule has 1 nitrogen and oxygen atoms in total. The van der Waals surface area contributed by atoms with Gasteiger partial charge in [0.15, 0.2) is 6.29 Å². The van der Waals surface area contributed by atoms with Crippen LogP contribution in [0.4, 0.5) is 8.78 Å². The molecule has 2 aromatic rings. The van der Waals surface area contributed by atoms with Crippen molar-refractivity contribution in [2.45, 2.75) is 9.79 Å². The molecule has 0 bridgehead atoms. The fraction of sp³-hybridized carbons (Fsp3) is 0. The maximum Gasteiger partial charge on any atom is 0.152 e. The molecular weight excluding hydrogens is 278 g/mol. The molecule has 0 saturated carbocycles. The highest BCUT2D eigenvalue weighted by Crippen LogP contribution is 2.34. The van der Waals surface area contributed by atoms with Gasteiger partial charge in [-0.2, -0.15) is 0 Å². The van der Waals surface area contributed by atoms with E-state index in [1.54, 1.807) is 18.2 Å². The Balaban J connectivity index is 2.43. The number of hydrogen-bond acceptors (Lipinski definition) is 2. The lowest BCUT2D eigenvalue weighted by atomic mass is 10.2. The van der Waals surface area contributed by atoms with E-state index in [2.05, 4.69) is 0 Å². The highest BCUT2D eigenvalue weighted by Gasteiger charge is 2.11. The van der Waals surface area contributed by atoms with Crippen molar-refractivity contribution < 1.29 is 13.6 Å². The predicted octanol–water partition coefficient (Wildman–Crippen LogP) is 4.58. The molecule has 0 aliphatic carbocycles. The van der Waals surface area contributed by atoms with E-state index in [1.807, 2.05) is 0 Å². The van der Waals surface area contributed by atoms with Gasteiger partial charge in [-0.3, -0.25) is 4.79 Å². The van der Waals surface area contributed by atoms with Crippen molar-refractivity contribution in [3.63, 3.8) is 0 Å². The van der Waals surface area contributed by atoms with E-state index in [4.69, 9.17) is 11.6 Å². The van der Waals surface area contributed by atoms with Gasteiger partial charge in [0, 0.05) is 10.5 Å². The van der Waals surface area contributed by atoms with E-state index in [0.29, 0.717) is 11.2 Å². The second kappa shape index (κ2) is 5.50. The molecule has 0 unspecified atom stereocenters. The first-order chi connectivity index (χ1) is 8.61. The fourth-order valence-corrected chi connectivity index (χ4v) is 2.66. The average molecular weight is 285 g/mol. The summed E-state index contributed by atoms with van der Waals surface area (Å²) in [6, 6.07) is 8.01. The minimum atomic E-state index is -0.543. The zero-order valence-electron chi connectivity index (χ0n) is 8.99. The lowest BCUT2D eigenvalue weighted by Crippen LogP contribution is -1.89. The number of carbonyl (C=O) groups is 1. The number of rotatable bonds is 3. The van der Waals surface area contributed by atoms with Crippen LogP contribution in [0, 0.1) is 11.6 Å². The van der Waals surface area contributed by atoms with Gasteiger partial charge < -0.3 is 0 Å². The molecular formula is C13H7ClF2OS. The fourth-order valence-electron chi connectivity index (χ4n) is 1.39. The van der Waals surface area contributed by atoms with E-state index in [0.717, 1.165) is 30.0 Å². The van der Waals surface area contributed by atoms with Crippen LogP contribution in [0.1, 0.15) is 10.4 Å². The van der Waals surface area contributed by atoms with Crippen molar-refractivity contribution in [1.29, 1.82) is 0 Å². The van der Waals surface area contributed by atoms with Crippen LogP contribution in [0.2, 0.25) is 5.02 Å². The van der Waals surface area contributed by atoms with Gasteiger partial charge in [-0.15, -0.1) is 0 Å². The van der Waals surface area contributed by atoms with Crippen LogP contribution in [0.3, 0.4) is 0 Å². The average Bonchev–Trinajstić information content (AvgIpc) is 2.34. The quantitative estimate of drug-likeness (QED) is 0.767. The molecule has 0 aliphatic heterocycles. The third kappa shape index (κ3) is 2.71. The molecule has 5 heteroatoms. The second-order valence-electron chi connectivity index (χ2n) is 3.45. The molecule has 2 aromatic carbocycles. The number of halogens is 3. The summed E-state index contributed by atoms with van der Waals surface area (Å²) in [6.07, 6.45) is 0.599. The Morgan fingerprint density at radius 3 is 2.61 bits per heavy atom. The summed E-state index contributed by atoms with van der Waals surface area (Å²) in [5.74, 6) is -1.08. The Labute approximate surface area is 112 Å². The van der Waals surface area contributed by atoms with Crippen LogP contribution in [0.25, 0.3) is 0 Å². The van der Waals surface area contributed by atoms with Crippen molar-refractivity contribution in [2.75, 3.05) is 0 Å². The topological polar surface area (TPSA) is 17.1 Å². The zero-order valence-corrected chi connectivity index (χ0v) is 10.6. The lowest BCUT2D eigenvalue weighted by Gasteiger charge is -2.07. The summed E-state index contributed by atoms with van der Waals surface area (Å²) in [5.41, 5.74) is 0.271. The third-order valence-electron chi connectivity index (χ3n) is 2.24. The molecule has 0 aliphatic rings. The molecule has 92 valence electrons. The lowest BCUT2D eigenvalue weighted by molar-refractivity contribution is 0.112. The SMILES string of the molecule is O=Cc1c(Cl)cccc1Sc1cc(F)ccc1F. The first kappa shape index (κ1) is 13.1. The molecule has 0 atom stereocenters. The highest BCUT2D eigenvalue weighted by atomic mass is 35.5. The molecule has 0 fully saturated rings. The van der Waals surface area contributed by atoms with Gasteiger partial charge in [0.1, 0.15) is 11.6 Å². The van der Waals surface area contributed by atoms with Crippen molar-refractivity contribution in [2.24, 2.45) is 0 Å². The Hall–Kier alpha value is -1.39. The molecule has 18 heavy (non-hydrogen) atoms. The molecule has 0 spiro atoms. The van der Waals surface area contributed by atoms with Gasteiger partial charge >= 0.3 is 0 Å². The number of aldehydes is 1. The van der Waals surface area contributed by atoms with Crippen LogP contribution < -0.4 is 0 Å². The number of benzene rings is 2. The second-order valence-corrected chi connectivity index (χ2v) is 4.94. The molecule has 0 heterocycles. The van der Waals surface area contributed by atoms with E-state index in [-0.39, 0.29) is 15.5 Å². The van der Waals surface area contributed by atoms with E-state index < -0.39 is 11.6 Å². The van der Waals surface area contributed by atoms with E-state index >= 15 is 0 Å². The summed E-state index contributed by atoms with van der Waals surface area (Å²) >= 11 is 6.82. The molecule has 0 saturated heterocycles. The Morgan fingerprint density at radius 1 is 1.11 bits per heavy atom. The minimum absolute atomic E-state index is 0.111. The molecule has 2 rings (SSSR count). The van der Waals surface area contributed by atoms with Gasteiger partial charge in [-0.25, -0.2) is 8.78 Å². The maximum absolute atomic E-state index is 13.5. The van der Waals surface area contributed by atoms with E-state index in [1.165, 1.54) is 0 Å². The third-order valence-corrected chi connectivity index (χ3v) is 3.68. The van der Waals surface area contributed by atoms with Crippen molar-refractivity contribution in [3.05, 3.63) is 58.6 Å².